The van der Waals surface area contributed by atoms with E-state index in [0.29, 0.717) is 23.9 Å². The fourth-order valence-electron chi connectivity index (χ4n) is 2.91. The Morgan fingerprint density at radius 2 is 2.14 bits per heavy atom. The van der Waals surface area contributed by atoms with Gasteiger partial charge in [0, 0.05) is 17.2 Å². The normalized spacial score (nSPS) is 24.3. The Balaban J connectivity index is 2.15. The summed E-state index contributed by atoms with van der Waals surface area (Å²) in [6.45, 7) is 6.76. The van der Waals surface area contributed by atoms with Crippen molar-refractivity contribution in [1.29, 1.82) is 0 Å². The van der Waals surface area contributed by atoms with Gasteiger partial charge < -0.3 is 11.1 Å². The van der Waals surface area contributed by atoms with Gasteiger partial charge in [0.1, 0.15) is 0 Å². The topological polar surface area (TPSA) is 55.1 Å². The van der Waals surface area contributed by atoms with Gasteiger partial charge in [-0.25, -0.2) is 0 Å². The molecule has 1 aliphatic carbocycles. The van der Waals surface area contributed by atoms with Crippen LogP contribution in [0.2, 0.25) is 0 Å². The molecule has 0 aromatic heterocycles. The van der Waals surface area contributed by atoms with Gasteiger partial charge >= 0.3 is 0 Å². The van der Waals surface area contributed by atoms with E-state index in [1.54, 1.807) is 0 Å². The van der Waals surface area contributed by atoms with E-state index >= 15 is 0 Å². The number of hydrogen-bond acceptors (Lipinski definition) is 2. The summed E-state index contributed by atoms with van der Waals surface area (Å²) in [4.78, 5) is 12.5. The van der Waals surface area contributed by atoms with Gasteiger partial charge in [0.05, 0.1) is 6.54 Å². The molecule has 2 rings (SSSR count). The Labute approximate surface area is 127 Å². The first-order valence-electron chi connectivity index (χ1n) is 7.63. The van der Waals surface area contributed by atoms with E-state index in [1.807, 2.05) is 25.1 Å². The zero-order chi connectivity index (χ0) is 15.4. The molecular weight excluding hydrogens is 260 g/mol. The van der Waals surface area contributed by atoms with Crippen LogP contribution in [0.4, 0.5) is 0 Å². The number of benzene rings is 1. The van der Waals surface area contributed by atoms with Crippen molar-refractivity contribution in [1.82, 2.24) is 5.32 Å². The maximum Gasteiger partial charge on any atom is 0.251 e. The van der Waals surface area contributed by atoms with Gasteiger partial charge in [-0.2, -0.15) is 0 Å². The summed E-state index contributed by atoms with van der Waals surface area (Å²) >= 11 is 0. The first kappa shape index (κ1) is 15.6. The minimum atomic E-state index is 0.00912. The summed E-state index contributed by atoms with van der Waals surface area (Å²) in [7, 11) is 0. The molecule has 1 fully saturated rings. The largest absolute Gasteiger partial charge is 0.349 e. The van der Waals surface area contributed by atoms with E-state index in [4.69, 9.17) is 5.73 Å². The molecule has 1 aromatic rings. The zero-order valence-electron chi connectivity index (χ0n) is 13.1. The van der Waals surface area contributed by atoms with Crippen LogP contribution in [0.3, 0.4) is 0 Å². The van der Waals surface area contributed by atoms with Crippen molar-refractivity contribution in [2.45, 2.75) is 39.7 Å². The Kier molecular flexibility index (Phi) is 5.03. The van der Waals surface area contributed by atoms with Crippen LogP contribution in [-0.4, -0.2) is 18.5 Å². The van der Waals surface area contributed by atoms with Crippen LogP contribution >= 0.6 is 0 Å². The minimum Gasteiger partial charge on any atom is -0.349 e. The lowest BCUT2D eigenvalue weighted by molar-refractivity contribution is 0.0926. The molecule has 1 saturated carbocycles. The number of rotatable bonds is 2. The lowest BCUT2D eigenvalue weighted by Gasteiger charge is -2.20. The summed E-state index contributed by atoms with van der Waals surface area (Å²) < 4.78 is 0. The summed E-state index contributed by atoms with van der Waals surface area (Å²) in [6.07, 6.45) is 2.26. The molecule has 0 saturated heterocycles. The highest BCUT2D eigenvalue weighted by Crippen LogP contribution is 2.31. The predicted molar refractivity (Wildman–Crippen MR) is 85.9 cm³/mol. The minimum absolute atomic E-state index is 0.00912. The van der Waals surface area contributed by atoms with Gasteiger partial charge in [0.2, 0.25) is 0 Å². The first-order chi connectivity index (χ1) is 10.0. The summed E-state index contributed by atoms with van der Waals surface area (Å²) in [5.41, 5.74) is 7.92. The van der Waals surface area contributed by atoms with Crippen molar-refractivity contribution >= 4 is 5.91 Å². The molecule has 3 N–H and O–H groups in total. The van der Waals surface area contributed by atoms with Crippen molar-refractivity contribution in [2.24, 2.45) is 17.6 Å². The number of amides is 1. The lowest BCUT2D eigenvalue weighted by atomic mass is 9.97. The fourth-order valence-corrected chi connectivity index (χ4v) is 2.91. The molecule has 3 atom stereocenters. The second-order valence-electron chi connectivity index (χ2n) is 6.03. The van der Waals surface area contributed by atoms with Gasteiger partial charge in [-0.3, -0.25) is 4.79 Å². The van der Waals surface area contributed by atoms with Crippen LogP contribution < -0.4 is 11.1 Å². The van der Waals surface area contributed by atoms with Crippen molar-refractivity contribution in [3.8, 4) is 11.8 Å². The fraction of sp³-hybridized carbons (Fsp3) is 0.500. The van der Waals surface area contributed by atoms with Crippen molar-refractivity contribution in [3.63, 3.8) is 0 Å². The molecule has 3 heteroatoms. The van der Waals surface area contributed by atoms with Crippen molar-refractivity contribution < 1.29 is 4.79 Å². The van der Waals surface area contributed by atoms with Gasteiger partial charge in [0.25, 0.3) is 5.91 Å². The molecule has 112 valence electrons. The van der Waals surface area contributed by atoms with Gasteiger partial charge in [-0.05, 0) is 49.3 Å². The number of hydrogen-bond donors (Lipinski definition) is 2. The van der Waals surface area contributed by atoms with Crippen LogP contribution in [0.5, 0.6) is 0 Å². The van der Waals surface area contributed by atoms with Gasteiger partial charge in [0.15, 0.2) is 0 Å². The van der Waals surface area contributed by atoms with Crippen molar-refractivity contribution in [3.05, 3.63) is 34.9 Å². The number of nitrogens with two attached hydrogens (primary N) is 1. The van der Waals surface area contributed by atoms with Crippen molar-refractivity contribution in [2.75, 3.05) is 6.54 Å². The molecule has 3 nitrogen and oxygen atoms in total. The average Bonchev–Trinajstić information content (AvgIpc) is 2.78. The summed E-state index contributed by atoms with van der Waals surface area (Å²) in [6, 6.07) is 6.01. The van der Waals surface area contributed by atoms with E-state index < -0.39 is 0 Å². The van der Waals surface area contributed by atoms with Crippen LogP contribution in [0.1, 0.15) is 48.2 Å². The Morgan fingerprint density at radius 1 is 1.38 bits per heavy atom. The maximum atomic E-state index is 12.5. The zero-order valence-corrected chi connectivity index (χ0v) is 13.1. The van der Waals surface area contributed by atoms with Crippen LogP contribution in [-0.2, 0) is 0 Å². The number of carbonyl (C=O) groups is 1. The van der Waals surface area contributed by atoms with Crippen LogP contribution in [0.15, 0.2) is 18.2 Å². The number of carbonyl (C=O) groups excluding carboxylic acids is 1. The third-order valence-electron chi connectivity index (χ3n) is 4.60. The second-order valence-corrected chi connectivity index (χ2v) is 6.03. The predicted octanol–water partition coefficient (Wildman–Crippen LogP) is 2.47. The first-order valence-corrected chi connectivity index (χ1v) is 7.63. The molecule has 0 spiro atoms. The molecule has 21 heavy (non-hydrogen) atoms. The molecule has 0 radical (unpaired) electrons. The number of nitrogens with one attached hydrogen (secondary N) is 1. The van der Waals surface area contributed by atoms with E-state index in [2.05, 4.69) is 31.0 Å². The highest BCUT2D eigenvalue weighted by atomic mass is 16.1. The standard InChI is InChI=1S/C18H24N2O/c1-12-7-9-17(14(12)3)20-18(21)16-11-15(5-4-10-19)8-6-13(16)2/h6,8,11-12,14,17H,7,9-10,19H2,1-3H3,(H,20,21). The molecule has 0 bridgehead atoms. The monoisotopic (exact) mass is 284 g/mol. The Morgan fingerprint density at radius 3 is 2.76 bits per heavy atom. The quantitative estimate of drug-likeness (QED) is 0.820. The molecule has 0 heterocycles. The second kappa shape index (κ2) is 6.78. The van der Waals surface area contributed by atoms with Gasteiger partial charge in [-0.1, -0.05) is 31.8 Å². The van der Waals surface area contributed by atoms with E-state index in [9.17, 15) is 4.79 Å². The Bertz CT molecular complexity index is 583. The van der Waals surface area contributed by atoms with E-state index in [1.165, 1.54) is 6.42 Å². The van der Waals surface area contributed by atoms with Gasteiger partial charge in [-0.15, -0.1) is 0 Å². The smallest absolute Gasteiger partial charge is 0.251 e. The third kappa shape index (κ3) is 3.65. The SMILES string of the molecule is Cc1ccc(C#CCN)cc1C(=O)NC1CCC(C)C1C. The molecule has 1 aromatic carbocycles. The summed E-state index contributed by atoms with van der Waals surface area (Å²) in [5, 5.41) is 3.19. The van der Waals surface area contributed by atoms with Crippen LogP contribution in [0.25, 0.3) is 0 Å². The lowest BCUT2D eigenvalue weighted by Crippen LogP contribution is -2.37. The Hall–Kier alpha value is -1.79. The van der Waals surface area contributed by atoms with Crippen LogP contribution in [0, 0.1) is 30.6 Å². The average molecular weight is 284 g/mol. The summed E-state index contributed by atoms with van der Waals surface area (Å²) in [5.74, 6) is 7.03. The van der Waals surface area contributed by atoms with E-state index in [0.717, 1.165) is 17.5 Å². The molecular formula is C18H24N2O. The highest BCUT2D eigenvalue weighted by molar-refractivity contribution is 5.96. The molecule has 1 amide bonds. The highest BCUT2D eigenvalue weighted by Gasteiger charge is 2.31. The third-order valence-corrected chi connectivity index (χ3v) is 4.60. The number of aryl methyl sites for hydroxylation is 1. The van der Waals surface area contributed by atoms with E-state index in [-0.39, 0.29) is 11.9 Å². The molecule has 3 unspecified atom stereocenters. The maximum absolute atomic E-state index is 12.5. The molecule has 1 aliphatic rings. The molecule has 0 aliphatic heterocycles.